The minimum atomic E-state index is 0.0843. The molecule has 2 aromatic carbocycles. The van der Waals surface area contributed by atoms with Crippen molar-refractivity contribution >= 4 is 23.1 Å². The Morgan fingerprint density at radius 3 is 2.77 bits per heavy atom. The van der Waals surface area contributed by atoms with Gasteiger partial charge in [-0.2, -0.15) is 5.10 Å². The quantitative estimate of drug-likeness (QED) is 0.505. The Balaban J connectivity index is 1.92. The van der Waals surface area contributed by atoms with Gasteiger partial charge in [0.1, 0.15) is 0 Å². The van der Waals surface area contributed by atoms with Gasteiger partial charge < -0.3 is 15.6 Å². The first-order valence-corrected chi connectivity index (χ1v) is 7.58. The molecule has 0 heterocycles. The molecule has 0 aliphatic heterocycles. The summed E-state index contributed by atoms with van der Waals surface area (Å²) < 4.78 is 5.02. The summed E-state index contributed by atoms with van der Waals surface area (Å²) in [7, 11) is 1.49. The lowest BCUT2D eigenvalue weighted by Crippen LogP contribution is -2.05. The summed E-state index contributed by atoms with van der Waals surface area (Å²) in [6.45, 7) is 0. The second-order valence-electron chi connectivity index (χ2n) is 4.39. The van der Waals surface area contributed by atoms with Crippen LogP contribution in [-0.4, -0.2) is 23.6 Å². The second-order valence-corrected chi connectivity index (χ2v) is 5.38. The Kier molecular flexibility index (Phi) is 5.85. The lowest BCUT2D eigenvalue weighted by atomic mass is 10.2. The average molecular weight is 315 g/mol. The second kappa shape index (κ2) is 8.09. The van der Waals surface area contributed by atoms with E-state index in [4.69, 9.17) is 10.5 Å². The number of phenols is 1. The van der Waals surface area contributed by atoms with Crippen LogP contribution in [0, 0.1) is 0 Å². The molecule has 0 spiro atoms. The number of hydrogen-bond acceptors (Lipinski definition) is 5. The number of thioether (sulfide) groups is 1. The molecule has 0 fully saturated rings. The van der Waals surface area contributed by atoms with Crippen molar-refractivity contribution in [2.75, 3.05) is 7.11 Å². The fourth-order valence-electron chi connectivity index (χ4n) is 1.69. The van der Waals surface area contributed by atoms with Crippen molar-refractivity contribution in [3.8, 4) is 11.5 Å². The first-order valence-electron chi connectivity index (χ1n) is 6.59. The summed E-state index contributed by atoms with van der Waals surface area (Å²) in [4.78, 5) is 0. The monoisotopic (exact) mass is 315 g/mol. The van der Waals surface area contributed by atoms with E-state index in [-0.39, 0.29) is 5.75 Å². The van der Waals surface area contributed by atoms with Crippen molar-refractivity contribution in [2.24, 2.45) is 15.9 Å². The van der Waals surface area contributed by atoms with Gasteiger partial charge in [0.15, 0.2) is 16.7 Å². The van der Waals surface area contributed by atoms with Gasteiger partial charge >= 0.3 is 0 Å². The van der Waals surface area contributed by atoms with Gasteiger partial charge in [-0.1, -0.05) is 42.1 Å². The maximum Gasteiger partial charge on any atom is 0.180 e. The topological polar surface area (TPSA) is 80.2 Å². The van der Waals surface area contributed by atoms with E-state index in [1.165, 1.54) is 30.5 Å². The zero-order valence-corrected chi connectivity index (χ0v) is 13.0. The number of nitrogens with two attached hydrogens (primary N) is 1. The maximum absolute atomic E-state index is 9.51. The molecule has 22 heavy (non-hydrogen) atoms. The molecule has 0 radical (unpaired) electrons. The molecule has 0 aliphatic carbocycles. The third kappa shape index (κ3) is 4.82. The van der Waals surface area contributed by atoms with Gasteiger partial charge in [0.25, 0.3) is 0 Å². The molecule has 2 rings (SSSR count). The largest absolute Gasteiger partial charge is 0.504 e. The number of benzene rings is 2. The van der Waals surface area contributed by atoms with E-state index < -0.39 is 0 Å². The molecule has 5 nitrogen and oxygen atoms in total. The highest BCUT2D eigenvalue weighted by atomic mass is 32.2. The zero-order chi connectivity index (χ0) is 15.8. The lowest BCUT2D eigenvalue weighted by molar-refractivity contribution is 0.373. The van der Waals surface area contributed by atoms with Crippen molar-refractivity contribution in [1.82, 2.24) is 0 Å². The first-order chi connectivity index (χ1) is 10.7. The van der Waals surface area contributed by atoms with Crippen LogP contribution in [0.4, 0.5) is 0 Å². The van der Waals surface area contributed by atoms with Gasteiger partial charge in [0, 0.05) is 5.75 Å². The SMILES string of the molecule is COc1cc(C=NN=C(N)SCc2ccccc2)ccc1O. The van der Waals surface area contributed by atoms with Crippen LogP contribution in [0.5, 0.6) is 11.5 Å². The molecule has 0 amide bonds. The summed E-state index contributed by atoms with van der Waals surface area (Å²) in [5.41, 5.74) is 7.74. The van der Waals surface area contributed by atoms with E-state index in [9.17, 15) is 5.11 Å². The minimum absolute atomic E-state index is 0.0843. The number of aromatic hydroxyl groups is 1. The summed E-state index contributed by atoms with van der Waals surface area (Å²) in [5.74, 6) is 1.22. The Morgan fingerprint density at radius 2 is 2.05 bits per heavy atom. The van der Waals surface area contributed by atoms with Crippen molar-refractivity contribution in [1.29, 1.82) is 0 Å². The lowest BCUT2D eigenvalue weighted by Gasteiger charge is -2.02. The molecule has 114 valence electrons. The van der Waals surface area contributed by atoms with Crippen molar-refractivity contribution < 1.29 is 9.84 Å². The normalized spacial score (nSPS) is 11.8. The fourth-order valence-corrected chi connectivity index (χ4v) is 2.30. The molecule has 3 N–H and O–H groups in total. The van der Waals surface area contributed by atoms with E-state index in [0.717, 1.165) is 11.3 Å². The molecule has 0 saturated carbocycles. The molecule has 0 aromatic heterocycles. The first kappa shape index (κ1) is 15.9. The number of hydrogen-bond donors (Lipinski definition) is 2. The molecule has 0 bridgehead atoms. The molecule has 0 atom stereocenters. The van der Waals surface area contributed by atoms with E-state index in [1.54, 1.807) is 18.3 Å². The highest BCUT2D eigenvalue weighted by molar-refractivity contribution is 8.13. The summed E-state index contributed by atoms with van der Waals surface area (Å²) in [5, 5.41) is 17.8. The minimum Gasteiger partial charge on any atom is -0.504 e. The Hall–Kier alpha value is -2.47. The fraction of sp³-hybridized carbons (Fsp3) is 0.125. The summed E-state index contributed by atoms with van der Waals surface area (Å²) in [6.07, 6.45) is 1.55. The van der Waals surface area contributed by atoms with Gasteiger partial charge in [0.2, 0.25) is 0 Å². The molecule has 0 aliphatic rings. The van der Waals surface area contributed by atoms with Gasteiger partial charge in [-0.05, 0) is 29.3 Å². The smallest absolute Gasteiger partial charge is 0.180 e. The van der Waals surface area contributed by atoms with Crippen LogP contribution in [-0.2, 0) is 5.75 Å². The maximum atomic E-state index is 9.51. The van der Waals surface area contributed by atoms with Crippen LogP contribution in [0.2, 0.25) is 0 Å². The average Bonchev–Trinajstić information content (AvgIpc) is 2.55. The van der Waals surface area contributed by atoms with E-state index in [1.807, 2.05) is 30.3 Å². The highest BCUT2D eigenvalue weighted by Gasteiger charge is 2.00. The third-order valence-electron chi connectivity index (χ3n) is 2.80. The third-order valence-corrected chi connectivity index (χ3v) is 3.65. The Morgan fingerprint density at radius 1 is 1.27 bits per heavy atom. The van der Waals surface area contributed by atoms with Gasteiger partial charge in [-0.3, -0.25) is 0 Å². The molecular weight excluding hydrogens is 298 g/mol. The van der Waals surface area contributed by atoms with E-state index >= 15 is 0 Å². The Bertz CT molecular complexity index is 672. The predicted molar refractivity (Wildman–Crippen MR) is 91.6 cm³/mol. The van der Waals surface area contributed by atoms with Crippen molar-refractivity contribution in [2.45, 2.75) is 5.75 Å². The number of phenolic OH excluding ortho intramolecular Hbond substituents is 1. The Labute approximate surface area is 133 Å². The van der Waals surface area contributed by atoms with E-state index in [2.05, 4.69) is 10.2 Å². The van der Waals surface area contributed by atoms with E-state index in [0.29, 0.717) is 10.9 Å². The van der Waals surface area contributed by atoms with Gasteiger partial charge in [-0.15, -0.1) is 5.10 Å². The predicted octanol–water partition coefficient (Wildman–Crippen LogP) is 2.98. The van der Waals surface area contributed by atoms with Crippen LogP contribution >= 0.6 is 11.8 Å². The van der Waals surface area contributed by atoms with Crippen molar-refractivity contribution in [3.05, 3.63) is 59.7 Å². The zero-order valence-electron chi connectivity index (χ0n) is 12.1. The molecule has 6 heteroatoms. The van der Waals surface area contributed by atoms with Gasteiger partial charge in [0.05, 0.1) is 13.3 Å². The molecule has 0 unspecified atom stereocenters. The molecular formula is C16H17N3O2S. The standard InChI is InChI=1S/C16H17N3O2S/c1-21-15-9-13(7-8-14(15)20)10-18-19-16(17)22-11-12-5-3-2-4-6-12/h2-10,20H,11H2,1H3,(H2,17,19). The van der Waals surface area contributed by atoms with Crippen LogP contribution in [0.3, 0.4) is 0 Å². The summed E-state index contributed by atoms with van der Waals surface area (Å²) >= 11 is 1.42. The van der Waals surface area contributed by atoms with Crippen LogP contribution in [0.15, 0.2) is 58.7 Å². The van der Waals surface area contributed by atoms with Crippen molar-refractivity contribution in [3.63, 3.8) is 0 Å². The number of methoxy groups -OCH3 is 1. The highest BCUT2D eigenvalue weighted by Crippen LogP contribution is 2.25. The number of nitrogens with zero attached hydrogens (tertiary/aromatic N) is 2. The number of amidine groups is 1. The van der Waals surface area contributed by atoms with Gasteiger partial charge in [-0.25, -0.2) is 0 Å². The molecule has 0 saturated heterocycles. The van der Waals surface area contributed by atoms with Crippen LogP contribution < -0.4 is 10.5 Å². The van der Waals surface area contributed by atoms with Crippen LogP contribution in [0.25, 0.3) is 0 Å². The van der Waals surface area contributed by atoms with Crippen LogP contribution in [0.1, 0.15) is 11.1 Å². The number of rotatable bonds is 5. The number of ether oxygens (including phenoxy) is 1. The summed E-state index contributed by atoms with van der Waals surface area (Å²) in [6, 6.07) is 14.9. The molecule has 2 aromatic rings.